The molecule has 6 nitrogen and oxygen atoms in total. The Morgan fingerprint density at radius 2 is 2.00 bits per heavy atom. The lowest BCUT2D eigenvalue weighted by Gasteiger charge is -2.24. The highest BCUT2D eigenvalue weighted by Crippen LogP contribution is 2.31. The number of anilines is 1. The molecule has 6 heteroatoms. The van der Waals surface area contributed by atoms with Crippen LogP contribution in [0.25, 0.3) is 0 Å². The number of aliphatic hydroxyl groups excluding tert-OH is 1. The summed E-state index contributed by atoms with van der Waals surface area (Å²) in [6.07, 6.45) is 0.234. The lowest BCUT2D eigenvalue weighted by atomic mass is 10.1. The van der Waals surface area contributed by atoms with Crippen LogP contribution in [0.2, 0.25) is 0 Å². The monoisotopic (exact) mass is 295 g/mol. The molecule has 0 aromatic heterocycles. The van der Waals surface area contributed by atoms with E-state index in [-0.39, 0.29) is 10.6 Å². The fourth-order valence-electron chi connectivity index (χ4n) is 2.24. The summed E-state index contributed by atoms with van der Waals surface area (Å²) in [7, 11) is 4.02. The molecule has 0 fully saturated rings. The van der Waals surface area contributed by atoms with E-state index in [0.29, 0.717) is 17.8 Å². The Hall–Kier alpha value is -1.66. The van der Waals surface area contributed by atoms with Gasteiger partial charge in [-0.15, -0.1) is 0 Å². The van der Waals surface area contributed by atoms with Crippen LogP contribution in [-0.4, -0.2) is 48.7 Å². The minimum atomic E-state index is -0.707. The van der Waals surface area contributed by atoms with Gasteiger partial charge in [-0.3, -0.25) is 10.1 Å². The fourth-order valence-corrected chi connectivity index (χ4v) is 2.24. The van der Waals surface area contributed by atoms with Gasteiger partial charge in [-0.2, -0.15) is 0 Å². The van der Waals surface area contributed by atoms with E-state index in [1.165, 1.54) is 6.07 Å². The lowest BCUT2D eigenvalue weighted by Crippen LogP contribution is -2.27. The van der Waals surface area contributed by atoms with Crippen LogP contribution in [0.4, 0.5) is 11.4 Å². The third-order valence-corrected chi connectivity index (χ3v) is 3.43. The van der Waals surface area contributed by atoms with E-state index in [9.17, 15) is 15.2 Å². The second kappa shape index (κ2) is 7.95. The van der Waals surface area contributed by atoms with Gasteiger partial charge in [0.1, 0.15) is 5.69 Å². The van der Waals surface area contributed by atoms with E-state index in [1.807, 2.05) is 25.9 Å². The number of hydrogen-bond acceptors (Lipinski definition) is 5. The van der Waals surface area contributed by atoms with Crippen molar-refractivity contribution in [3.05, 3.63) is 33.9 Å². The maximum atomic E-state index is 11.3. The SMILES string of the molecule is CCN(CCCN(C)C)c1ccc([C@@H](C)O)cc1[N+](=O)[O-]. The topological polar surface area (TPSA) is 69.8 Å². The van der Waals surface area contributed by atoms with Crippen molar-refractivity contribution in [2.24, 2.45) is 0 Å². The largest absolute Gasteiger partial charge is 0.389 e. The quantitative estimate of drug-likeness (QED) is 0.589. The van der Waals surface area contributed by atoms with Crippen LogP contribution in [0, 0.1) is 10.1 Å². The van der Waals surface area contributed by atoms with Crippen molar-refractivity contribution in [1.29, 1.82) is 0 Å². The number of aliphatic hydroxyl groups is 1. The minimum Gasteiger partial charge on any atom is -0.389 e. The highest BCUT2D eigenvalue weighted by Gasteiger charge is 2.20. The first-order chi connectivity index (χ1) is 9.86. The predicted octanol–water partition coefficient (Wildman–Crippen LogP) is 2.43. The Kier molecular flexibility index (Phi) is 6.58. The Balaban J connectivity index is 2.99. The molecule has 1 atom stereocenters. The molecule has 0 spiro atoms. The summed E-state index contributed by atoms with van der Waals surface area (Å²) in [6, 6.07) is 4.95. The zero-order valence-electron chi connectivity index (χ0n) is 13.2. The van der Waals surface area contributed by atoms with Gasteiger partial charge in [-0.1, -0.05) is 6.07 Å². The number of nitro benzene ring substituents is 1. The summed E-state index contributed by atoms with van der Waals surface area (Å²) in [4.78, 5) is 15.0. The van der Waals surface area contributed by atoms with E-state index < -0.39 is 6.10 Å². The molecular weight excluding hydrogens is 270 g/mol. The van der Waals surface area contributed by atoms with Crippen LogP contribution >= 0.6 is 0 Å². The second-order valence-corrected chi connectivity index (χ2v) is 5.42. The third kappa shape index (κ3) is 4.99. The van der Waals surface area contributed by atoms with Gasteiger partial charge in [-0.05, 0) is 52.5 Å². The molecule has 0 aliphatic rings. The van der Waals surface area contributed by atoms with Gasteiger partial charge >= 0.3 is 0 Å². The van der Waals surface area contributed by atoms with Gasteiger partial charge in [0.15, 0.2) is 0 Å². The Morgan fingerprint density at radius 3 is 2.48 bits per heavy atom. The van der Waals surface area contributed by atoms with E-state index in [4.69, 9.17) is 0 Å². The lowest BCUT2D eigenvalue weighted by molar-refractivity contribution is -0.384. The summed E-state index contributed by atoms with van der Waals surface area (Å²) >= 11 is 0. The number of hydrogen-bond donors (Lipinski definition) is 1. The molecule has 0 bridgehead atoms. The number of nitro groups is 1. The first-order valence-corrected chi connectivity index (χ1v) is 7.22. The molecule has 0 heterocycles. The van der Waals surface area contributed by atoms with Crippen molar-refractivity contribution in [2.45, 2.75) is 26.4 Å². The minimum absolute atomic E-state index is 0.0557. The summed E-state index contributed by atoms with van der Waals surface area (Å²) < 4.78 is 0. The molecule has 0 unspecified atom stereocenters. The summed E-state index contributed by atoms with van der Waals surface area (Å²) in [6.45, 7) is 6.01. The van der Waals surface area contributed by atoms with Crippen molar-refractivity contribution in [1.82, 2.24) is 4.90 Å². The van der Waals surface area contributed by atoms with Crippen molar-refractivity contribution < 1.29 is 10.0 Å². The molecule has 118 valence electrons. The van der Waals surface area contributed by atoms with Crippen molar-refractivity contribution in [3.8, 4) is 0 Å². The smallest absolute Gasteiger partial charge is 0.292 e. The molecule has 1 rings (SSSR count). The third-order valence-electron chi connectivity index (χ3n) is 3.43. The van der Waals surface area contributed by atoms with Crippen molar-refractivity contribution in [2.75, 3.05) is 38.6 Å². The average Bonchev–Trinajstić information content (AvgIpc) is 2.42. The van der Waals surface area contributed by atoms with Gasteiger partial charge < -0.3 is 14.9 Å². The summed E-state index contributed by atoms with van der Waals surface area (Å²) in [5.41, 5.74) is 1.24. The molecule has 0 aliphatic heterocycles. The van der Waals surface area contributed by atoms with E-state index in [0.717, 1.165) is 19.5 Å². The van der Waals surface area contributed by atoms with Gasteiger partial charge in [0.05, 0.1) is 11.0 Å². The molecule has 0 amide bonds. The van der Waals surface area contributed by atoms with Crippen LogP contribution in [0.1, 0.15) is 31.9 Å². The van der Waals surface area contributed by atoms with Crippen molar-refractivity contribution >= 4 is 11.4 Å². The van der Waals surface area contributed by atoms with Crippen LogP contribution < -0.4 is 4.90 Å². The number of benzene rings is 1. The van der Waals surface area contributed by atoms with Crippen LogP contribution in [0.15, 0.2) is 18.2 Å². The van der Waals surface area contributed by atoms with E-state index >= 15 is 0 Å². The molecule has 0 saturated carbocycles. The molecular formula is C15H25N3O3. The second-order valence-electron chi connectivity index (χ2n) is 5.42. The fraction of sp³-hybridized carbons (Fsp3) is 0.600. The molecule has 1 aromatic rings. The van der Waals surface area contributed by atoms with Gasteiger partial charge in [0, 0.05) is 19.2 Å². The number of rotatable bonds is 8. The summed E-state index contributed by atoms with van der Waals surface area (Å²) in [5.74, 6) is 0. The average molecular weight is 295 g/mol. The Labute approximate surface area is 126 Å². The molecule has 1 aromatic carbocycles. The maximum Gasteiger partial charge on any atom is 0.292 e. The van der Waals surface area contributed by atoms with Gasteiger partial charge in [0.25, 0.3) is 5.69 Å². The van der Waals surface area contributed by atoms with E-state index in [1.54, 1.807) is 19.1 Å². The zero-order valence-corrected chi connectivity index (χ0v) is 13.2. The highest BCUT2D eigenvalue weighted by molar-refractivity contribution is 5.64. The molecule has 0 radical (unpaired) electrons. The molecule has 21 heavy (non-hydrogen) atoms. The van der Waals surface area contributed by atoms with Crippen LogP contribution in [0.3, 0.4) is 0 Å². The maximum absolute atomic E-state index is 11.3. The Bertz CT molecular complexity index is 475. The standard InChI is InChI=1S/C15H25N3O3/c1-5-17(10-6-9-16(3)4)14-8-7-13(12(2)19)11-15(14)18(20)21/h7-8,11-12,19H,5-6,9-10H2,1-4H3/t12-/m1/s1. The highest BCUT2D eigenvalue weighted by atomic mass is 16.6. The van der Waals surface area contributed by atoms with Crippen LogP contribution in [0.5, 0.6) is 0 Å². The zero-order chi connectivity index (χ0) is 16.0. The molecule has 1 N–H and O–H groups in total. The first-order valence-electron chi connectivity index (χ1n) is 7.22. The molecule has 0 aliphatic carbocycles. The van der Waals surface area contributed by atoms with Gasteiger partial charge in [-0.25, -0.2) is 0 Å². The summed E-state index contributed by atoms with van der Waals surface area (Å²) in [5, 5.41) is 20.9. The van der Waals surface area contributed by atoms with Crippen LogP contribution in [-0.2, 0) is 0 Å². The van der Waals surface area contributed by atoms with Crippen molar-refractivity contribution in [3.63, 3.8) is 0 Å². The Morgan fingerprint density at radius 1 is 1.33 bits per heavy atom. The molecule has 0 saturated heterocycles. The van der Waals surface area contributed by atoms with E-state index in [2.05, 4.69) is 4.90 Å². The van der Waals surface area contributed by atoms with Gasteiger partial charge in [0.2, 0.25) is 0 Å². The normalized spacial score (nSPS) is 12.5. The first kappa shape index (κ1) is 17.4. The number of nitrogens with zero attached hydrogens (tertiary/aromatic N) is 3. The predicted molar refractivity (Wildman–Crippen MR) is 84.8 cm³/mol.